The van der Waals surface area contributed by atoms with Crippen LogP contribution in [0.4, 0.5) is 0 Å². The second-order valence-corrected chi connectivity index (χ2v) is 4.96. The van der Waals surface area contributed by atoms with Gasteiger partial charge in [0.15, 0.2) is 0 Å². The van der Waals surface area contributed by atoms with E-state index in [0.717, 1.165) is 19.6 Å². The molecule has 0 unspecified atom stereocenters. The van der Waals surface area contributed by atoms with Gasteiger partial charge in [0.05, 0.1) is 5.56 Å². The number of benzene rings is 1. The number of rotatable bonds is 3. The number of aromatic carboxylic acids is 1. The van der Waals surface area contributed by atoms with E-state index in [1.807, 2.05) is 12.1 Å². The second-order valence-electron chi connectivity index (χ2n) is 4.10. The van der Waals surface area contributed by atoms with Crippen molar-refractivity contribution >= 4 is 21.9 Å². The van der Waals surface area contributed by atoms with Gasteiger partial charge in [-0.2, -0.15) is 0 Å². The Balaban J connectivity index is 2.11. The van der Waals surface area contributed by atoms with Crippen molar-refractivity contribution in [3.63, 3.8) is 0 Å². The first-order valence-electron chi connectivity index (χ1n) is 5.41. The second kappa shape index (κ2) is 4.97. The maximum Gasteiger partial charge on any atom is 0.336 e. The quantitative estimate of drug-likeness (QED) is 0.927. The van der Waals surface area contributed by atoms with Gasteiger partial charge in [-0.25, -0.2) is 4.79 Å². The molecule has 3 nitrogen and oxygen atoms in total. The van der Waals surface area contributed by atoms with Crippen molar-refractivity contribution in [2.24, 2.45) is 0 Å². The van der Waals surface area contributed by atoms with Gasteiger partial charge in [-0.15, -0.1) is 0 Å². The Kier molecular flexibility index (Phi) is 3.61. The minimum atomic E-state index is -0.889. The summed E-state index contributed by atoms with van der Waals surface area (Å²) in [7, 11) is 0. The molecule has 1 aromatic rings. The summed E-state index contributed by atoms with van der Waals surface area (Å²) in [6.07, 6.45) is 2.54. The van der Waals surface area contributed by atoms with Crippen LogP contribution in [0.1, 0.15) is 28.8 Å². The lowest BCUT2D eigenvalue weighted by molar-refractivity contribution is 0.0696. The van der Waals surface area contributed by atoms with Crippen molar-refractivity contribution in [1.29, 1.82) is 0 Å². The SMILES string of the molecule is O=C(O)c1ccc(CN2CCCC2)cc1Br. The maximum atomic E-state index is 10.8. The first kappa shape index (κ1) is 11.6. The fourth-order valence-electron chi connectivity index (χ4n) is 2.03. The number of hydrogen-bond donors (Lipinski definition) is 1. The summed E-state index contributed by atoms with van der Waals surface area (Å²) in [5, 5.41) is 8.90. The lowest BCUT2D eigenvalue weighted by Crippen LogP contribution is -2.18. The number of hydrogen-bond acceptors (Lipinski definition) is 2. The van der Waals surface area contributed by atoms with Gasteiger partial charge in [-0.05, 0) is 59.6 Å². The molecule has 0 amide bonds. The van der Waals surface area contributed by atoms with Crippen LogP contribution in [0.5, 0.6) is 0 Å². The molecule has 16 heavy (non-hydrogen) atoms. The molecule has 0 aliphatic carbocycles. The molecule has 86 valence electrons. The summed E-state index contributed by atoms with van der Waals surface area (Å²) in [5.41, 5.74) is 1.49. The largest absolute Gasteiger partial charge is 0.478 e. The Labute approximate surface area is 103 Å². The highest BCUT2D eigenvalue weighted by atomic mass is 79.9. The predicted octanol–water partition coefficient (Wildman–Crippen LogP) is 2.74. The topological polar surface area (TPSA) is 40.5 Å². The molecule has 0 aromatic heterocycles. The monoisotopic (exact) mass is 283 g/mol. The van der Waals surface area contributed by atoms with Crippen LogP contribution >= 0.6 is 15.9 Å². The first-order valence-corrected chi connectivity index (χ1v) is 6.20. The van der Waals surface area contributed by atoms with Crippen molar-refractivity contribution in [2.45, 2.75) is 19.4 Å². The van der Waals surface area contributed by atoms with Crippen molar-refractivity contribution in [3.8, 4) is 0 Å². The third-order valence-electron chi connectivity index (χ3n) is 2.87. The average molecular weight is 284 g/mol. The van der Waals surface area contributed by atoms with Crippen LogP contribution in [0.15, 0.2) is 22.7 Å². The fraction of sp³-hybridized carbons (Fsp3) is 0.417. The highest BCUT2D eigenvalue weighted by molar-refractivity contribution is 9.10. The molecular weight excluding hydrogens is 270 g/mol. The Morgan fingerprint density at radius 1 is 1.38 bits per heavy atom. The van der Waals surface area contributed by atoms with E-state index in [0.29, 0.717) is 10.0 Å². The molecule has 0 atom stereocenters. The van der Waals surface area contributed by atoms with Crippen molar-refractivity contribution in [3.05, 3.63) is 33.8 Å². The first-order chi connectivity index (χ1) is 7.66. The van der Waals surface area contributed by atoms with Crippen LogP contribution in [0.3, 0.4) is 0 Å². The molecule has 4 heteroatoms. The summed E-state index contributed by atoms with van der Waals surface area (Å²) >= 11 is 3.30. The van der Waals surface area contributed by atoms with Crippen LogP contribution in [0, 0.1) is 0 Å². The van der Waals surface area contributed by atoms with E-state index < -0.39 is 5.97 Å². The van der Waals surface area contributed by atoms with Crippen LogP contribution < -0.4 is 0 Å². The van der Waals surface area contributed by atoms with E-state index >= 15 is 0 Å². The molecule has 0 radical (unpaired) electrons. The molecule has 0 bridgehead atoms. The van der Waals surface area contributed by atoms with E-state index in [9.17, 15) is 4.79 Å². The third-order valence-corrected chi connectivity index (χ3v) is 3.52. The number of carbonyl (C=O) groups is 1. The number of nitrogens with zero attached hydrogens (tertiary/aromatic N) is 1. The predicted molar refractivity (Wildman–Crippen MR) is 65.6 cm³/mol. The summed E-state index contributed by atoms with van der Waals surface area (Å²) < 4.78 is 0.664. The van der Waals surface area contributed by atoms with E-state index in [-0.39, 0.29) is 0 Å². The molecule has 1 aliphatic heterocycles. The third kappa shape index (κ3) is 2.62. The van der Waals surface area contributed by atoms with Gasteiger partial charge in [0.2, 0.25) is 0 Å². The summed E-state index contributed by atoms with van der Waals surface area (Å²) in [5.74, 6) is -0.889. The molecule has 1 heterocycles. The van der Waals surface area contributed by atoms with Gasteiger partial charge in [0.1, 0.15) is 0 Å². The zero-order valence-electron chi connectivity index (χ0n) is 8.95. The van der Waals surface area contributed by atoms with E-state index in [4.69, 9.17) is 5.11 Å². The Morgan fingerprint density at radius 2 is 2.06 bits per heavy atom. The summed E-state index contributed by atoms with van der Waals surface area (Å²) in [4.78, 5) is 13.2. The van der Waals surface area contributed by atoms with Crippen LogP contribution in [0.2, 0.25) is 0 Å². The van der Waals surface area contributed by atoms with Crippen LogP contribution in [-0.4, -0.2) is 29.1 Å². The number of carboxylic acids is 1. The van der Waals surface area contributed by atoms with Gasteiger partial charge in [0, 0.05) is 11.0 Å². The molecule has 1 saturated heterocycles. The zero-order chi connectivity index (χ0) is 11.5. The normalized spacial score (nSPS) is 16.6. The lowest BCUT2D eigenvalue weighted by atomic mass is 10.1. The van der Waals surface area contributed by atoms with Gasteiger partial charge < -0.3 is 5.11 Å². The molecule has 2 rings (SSSR count). The average Bonchev–Trinajstić information content (AvgIpc) is 2.70. The Hall–Kier alpha value is -0.870. The van der Waals surface area contributed by atoms with E-state index in [1.54, 1.807) is 6.07 Å². The highest BCUT2D eigenvalue weighted by Crippen LogP contribution is 2.20. The van der Waals surface area contributed by atoms with Crippen LogP contribution in [-0.2, 0) is 6.54 Å². The lowest BCUT2D eigenvalue weighted by Gasteiger charge is -2.14. The molecule has 1 aliphatic rings. The standard InChI is InChI=1S/C12H14BrNO2/c13-11-7-9(3-4-10(11)12(15)16)8-14-5-1-2-6-14/h3-4,7H,1-2,5-6,8H2,(H,15,16). The molecule has 0 spiro atoms. The number of halogens is 1. The molecule has 1 fully saturated rings. The van der Waals surface area contributed by atoms with Crippen molar-refractivity contribution < 1.29 is 9.90 Å². The zero-order valence-corrected chi connectivity index (χ0v) is 10.5. The van der Waals surface area contributed by atoms with Crippen LogP contribution in [0.25, 0.3) is 0 Å². The van der Waals surface area contributed by atoms with Crippen molar-refractivity contribution in [1.82, 2.24) is 4.90 Å². The molecule has 1 aromatic carbocycles. The minimum absolute atomic E-state index is 0.324. The summed E-state index contributed by atoms with van der Waals surface area (Å²) in [6.45, 7) is 3.22. The minimum Gasteiger partial charge on any atom is -0.478 e. The maximum absolute atomic E-state index is 10.8. The highest BCUT2D eigenvalue weighted by Gasteiger charge is 2.13. The van der Waals surface area contributed by atoms with Gasteiger partial charge >= 0.3 is 5.97 Å². The fourth-order valence-corrected chi connectivity index (χ4v) is 2.63. The number of carboxylic acid groups (broad SMARTS) is 1. The Bertz CT molecular complexity index is 400. The van der Waals surface area contributed by atoms with Gasteiger partial charge in [-0.1, -0.05) is 6.07 Å². The molecule has 0 saturated carbocycles. The summed E-state index contributed by atoms with van der Waals surface area (Å²) in [6, 6.07) is 5.46. The number of likely N-dealkylation sites (tertiary alicyclic amines) is 1. The van der Waals surface area contributed by atoms with Gasteiger partial charge in [0.25, 0.3) is 0 Å². The van der Waals surface area contributed by atoms with Crippen molar-refractivity contribution in [2.75, 3.05) is 13.1 Å². The Morgan fingerprint density at radius 3 is 2.62 bits per heavy atom. The molecular formula is C12H14BrNO2. The van der Waals surface area contributed by atoms with E-state index in [1.165, 1.54) is 18.4 Å². The molecule has 1 N–H and O–H groups in total. The van der Waals surface area contributed by atoms with Gasteiger partial charge in [-0.3, -0.25) is 4.90 Å². The van der Waals surface area contributed by atoms with E-state index in [2.05, 4.69) is 20.8 Å². The smallest absolute Gasteiger partial charge is 0.336 e.